The molecule has 0 radical (unpaired) electrons. The van der Waals surface area contributed by atoms with Gasteiger partial charge >= 0.3 is 0 Å². The third-order valence-corrected chi connectivity index (χ3v) is 3.72. The summed E-state index contributed by atoms with van der Waals surface area (Å²) in [5, 5.41) is 6.83. The molecule has 84 valence electrons. The van der Waals surface area contributed by atoms with Crippen LogP contribution in [0.5, 0.6) is 0 Å². The van der Waals surface area contributed by atoms with Crippen molar-refractivity contribution in [3.63, 3.8) is 0 Å². The smallest absolute Gasteiger partial charge is 0.109 e. The van der Waals surface area contributed by atoms with Gasteiger partial charge in [0.2, 0.25) is 0 Å². The van der Waals surface area contributed by atoms with Crippen molar-refractivity contribution in [2.24, 2.45) is 5.92 Å². The highest BCUT2D eigenvalue weighted by Gasteiger charge is 2.18. The molecule has 15 heavy (non-hydrogen) atoms. The molecule has 0 aromatic carbocycles. The average Bonchev–Trinajstić information content (AvgIpc) is 2.90. The Labute approximate surface area is 94.9 Å². The van der Waals surface area contributed by atoms with Crippen molar-refractivity contribution in [3.8, 4) is 0 Å². The number of thiazole rings is 1. The number of ether oxygens (including phenoxy) is 1. The van der Waals surface area contributed by atoms with Crippen molar-refractivity contribution in [2.75, 3.05) is 19.8 Å². The van der Waals surface area contributed by atoms with E-state index in [0.717, 1.165) is 26.2 Å². The maximum Gasteiger partial charge on any atom is 0.109 e. The molecule has 2 heterocycles. The molecule has 1 fully saturated rings. The maximum atomic E-state index is 5.36. The zero-order valence-corrected chi connectivity index (χ0v) is 9.93. The third kappa shape index (κ3) is 3.00. The molecule has 2 rings (SSSR count). The first kappa shape index (κ1) is 11.0. The van der Waals surface area contributed by atoms with Gasteiger partial charge in [0.1, 0.15) is 5.01 Å². The lowest BCUT2D eigenvalue weighted by atomic mass is 10.1. The second kappa shape index (κ2) is 5.58. The highest BCUT2D eigenvalue weighted by molar-refractivity contribution is 7.09. The highest BCUT2D eigenvalue weighted by atomic mass is 32.1. The van der Waals surface area contributed by atoms with Crippen LogP contribution in [0.3, 0.4) is 0 Å². The summed E-state index contributed by atoms with van der Waals surface area (Å²) in [6, 6.07) is 0.422. The lowest BCUT2D eigenvalue weighted by Crippen LogP contribution is -2.27. The molecule has 2 unspecified atom stereocenters. The Kier molecular flexibility index (Phi) is 4.11. The summed E-state index contributed by atoms with van der Waals surface area (Å²) in [7, 11) is 0. The Morgan fingerprint density at radius 1 is 1.73 bits per heavy atom. The molecule has 0 aliphatic carbocycles. The molecular formula is C11H18N2OS. The molecule has 1 aliphatic rings. The van der Waals surface area contributed by atoms with E-state index < -0.39 is 0 Å². The van der Waals surface area contributed by atoms with Gasteiger partial charge in [-0.05, 0) is 18.8 Å². The lowest BCUT2D eigenvalue weighted by molar-refractivity contribution is 0.184. The van der Waals surface area contributed by atoms with Gasteiger partial charge in [-0.15, -0.1) is 11.3 Å². The molecule has 1 aromatic heterocycles. The van der Waals surface area contributed by atoms with Gasteiger partial charge in [-0.2, -0.15) is 0 Å². The summed E-state index contributed by atoms with van der Waals surface area (Å²) >= 11 is 1.73. The number of nitrogens with zero attached hydrogens (tertiary/aromatic N) is 1. The molecule has 4 heteroatoms. The van der Waals surface area contributed by atoms with Gasteiger partial charge in [0.25, 0.3) is 0 Å². The molecule has 1 aliphatic heterocycles. The third-order valence-electron chi connectivity index (χ3n) is 2.83. The first-order valence-corrected chi connectivity index (χ1v) is 6.48. The molecule has 1 saturated heterocycles. The van der Waals surface area contributed by atoms with Crippen LogP contribution < -0.4 is 5.32 Å². The standard InChI is InChI=1S/C11H18N2OS/c1-2-10(11-12-4-6-15-11)13-7-9-3-5-14-8-9/h4,6,9-10,13H,2-3,5,7-8H2,1H3. The molecule has 0 bridgehead atoms. The summed E-state index contributed by atoms with van der Waals surface area (Å²) in [4.78, 5) is 4.36. The van der Waals surface area contributed by atoms with Crippen LogP contribution in [0.1, 0.15) is 30.8 Å². The first-order valence-electron chi connectivity index (χ1n) is 5.60. The van der Waals surface area contributed by atoms with Crippen molar-refractivity contribution in [1.82, 2.24) is 10.3 Å². The number of rotatable bonds is 5. The van der Waals surface area contributed by atoms with Gasteiger partial charge in [-0.3, -0.25) is 0 Å². The van der Waals surface area contributed by atoms with E-state index in [9.17, 15) is 0 Å². The second-order valence-electron chi connectivity index (χ2n) is 3.97. The molecule has 3 nitrogen and oxygen atoms in total. The number of hydrogen-bond acceptors (Lipinski definition) is 4. The van der Waals surface area contributed by atoms with Crippen LogP contribution in [0.4, 0.5) is 0 Å². The minimum atomic E-state index is 0.422. The molecular weight excluding hydrogens is 208 g/mol. The molecule has 0 saturated carbocycles. The van der Waals surface area contributed by atoms with Crippen LogP contribution in [-0.2, 0) is 4.74 Å². The van der Waals surface area contributed by atoms with Crippen LogP contribution in [0.25, 0.3) is 0 Å². The minimum Gasteiger partial charge on any atom is -0.381 e. The molecule has 1 N–H and O–H groups in total. The Balaban J connectivity index is 1.80. The number of hydrogen-bond donors (Lipinski definition) is 1. The van der Waals surface area contributed by atoms with Gasteiger partial charge in [-0.25, -0.2) is 4.98 Å². The van der Waals surface area contributed by atoms with Crippen molar-refractivity contribution in [2.45, 2.75) is 25.8 Å². The summed E-state index contributed by atoms with van der Waals surface area (Å²) in [5.41, 5.74) is 0. The zero-order valence-electron chi connectivity index (χ0n) is 9.11. The van der Waals surface area contributed by atoms with E-state index in [1.807, 2.05) is 11.6 Å². The molecule has 0 spiro atoms. The normalized spacial score (nSPS) is 23.1. The number of nitrogens with one attached hydrogen (secondary N) is 1. The maximum absolute atomic E-state index is 5.36. The van der Waals surface area contributed by atoms with E-state index in [4.69, 9.17) is 4.74 Å². The van der Waals surface area contributed by atoms with Gasteiger partial charge in [-0.1, -0.05) is 6.92 Å². The fourth-order valence-corrected chi connectivity index (χ4v) is 2.66. The predicted molar refractivity (Wildman–Crippen MR) is 62.1 cm³/mol. The Bertz CT molecular complexity index is 270. The van der Waals surface area contributed by atoms with E-state index in [-0.39, 0.29) is 0 Å². The van der Waals surface area contributed by atoms with Crippen molar-refractivity contribution in [1.29, 1.82) is 0 Å². The first-order chi connectivity index (χ1) is 7.40. The van der Waals surface area contributed by atoms with Crippen molar-refractivity contribution < 1.29 is 4.74 Å². The van der Waals surface area contributed by atoms with E-state index in [1.165, 1.54) is 11.4 Å². The van der Waals surface area contributed by atoms with Gasteiger partial charge in [0.05, 0.1) is 12.6 Å². The average molecular weight is 226 g/mol. The quantitative estimate of drug-likeness (QED) is 0.836. The van der Waals surface area contributed by atoms with Gasteiger partial charge in [0, 0.05) is 24.7 Å². The lowest BCUT2D eigenvalue weighted by Gasteiger charge is -2.16. The Hall–Kier alpha value is -0.450. The molecule has 2 atom stereocenters. The topological polar surface area (TPSA) is 34.1 Å². The van der Waals surface area contributed by atoms with Crippen molar-refractivity contribution >= 4 is 11.3 Å². The summed E-state index contributed by atoms with van der Waals surface area (Å²) in [6.07, 6.45) is 4.17. The van der Waals surface area contributed by atoms with E-state index in [1.54, 1.807) is 11.3 Å². The van der Waals surface area contributed by atoms with Crippen LogP contribution in [0.15, 0.2) is 11.6 Å². The van der Waals surface area contributed by atoms with E-state index in [0.29, 0.717) is 12.0 Å². The second-order valence-corrected chi connectivity index (χ2v) is 4.90. The monoisotopic (exact) mass is 226 g/mol. The van der Waals surface area contributed by atoms with Crippen LogP contribution in [-0.4, -0.2) is 24.7 Å². The zero-order chi connectivity index (χ0) is 10.5. The van der Waals surface area contributed by atoms with Gasteiger partial charge < -0.3 is 10.1 Å². The van der Waals surface area contributed by atoms with E-state index >= 15 is 0 Å². The Morgan fingerprint density at radius 3 is 3.27 bits per heavy atom. The molecule has 1 aromatic rings. The van der Waals surface area contributed by atoms with Crippen LogP contribution >= 0.6 is 11.3 Å². The summed E-state index contributed by atoms with van der Waals surface area (Å²) in [6.45, 7) is 5.10. The predicted octanol–water partition coefficient (Wildman–Crippen LogP) is 2.22. The highest BCUT2D eigenvalue weighted by Crippen LogP contribution is 2.20. The number of aromatic nitrogens is 1. The minimum absolute atomic E-state index is 0.422. The fourth-order valence-electron chi connectivity index (χ4n) is 1.87. The van der Waals surface area contributed by atoms with Gasteiger partial charge in [0.15, 0.2) is 0 Å². The summed E-state index contributed by atoms with van der Waals surface area (Å²) in [5.74, 6) is 0.694. The fraction of sp³-hybridized carbons (Fsp3) is 0.727. The van der Waals surface area contributed by atoms with Crippen LogP contribution in [0.2, 0.25) is 0 Å². The van der Waals surface area contributed by atoms with E-state index in [2.05, 4.69) is 17.2 Å². The molecule has 0 amide bonds. The van der Waals surface area contributed by atoms with Crippen molar-refractivity contribution in [3.05, 3.63) is 16.6 Å². The van der Waals surface area contributed by atoms with Crippen LogP contribution in [0, 0.1) is 5.92 Å². The largest absolute Gasteiger partial charge is 0.381 e. The SMILES string of the molecule is CCC(NCC1CCOC1)c1nccs1. The summed E-state index contributed by atoms with van der Waals surface area (Å²) < 4.78 is 5.36. The Morgan fingerprint density at radius 2 is 2.67 bits per heavy atom.